The van der Waals surface area contributed by atoms with E-state index >= 15 is 0 Å². The van der Waals surface area contributed by atoms with Gasteiger partial charge in [-0.1, -0.05) is 59.7 Å². The van der Waals surface area contributed by atoms with Crippen molar-refractivity contribution in [2.24, 2.45) is 0 Å². The summed E-state index contributed by atoms with van der Waals surface area (Å²) >= 11 is 0. The summed E-state index contributed by atoms with van der Waals surface area (Å²) in [4.78, 5) is 35.1. The minimum absolute atomic E-state index is 0.0723. The summed E-state index contributed by atoms with van der Waals surface area (Å²) in [6.45, 7) is 3.84. The smallest absolute Gasteiger partial charge is 0.338 e. The Labute approximate surface area is 261 Å². The van der Waals surface area contributed by atoms with Crippen molar-refractivity contribution in [1.82, 2.24) is 14.5 Å². The van der Waals surface area contributed by atoms with Gasteiger partial charge in [0.05, 0.1) is 22.6 Å². The largest absolute Gasteiger partial charge is 0.459 e. The number of ether oxygens (including phenoxy) is 3. The van der Waals surface area contributed by atoms with E-state index in [-0.39, 0.29) is 12.6 Å². The molecule has 9 nitrogen and oxygen atoms in total. The molecule has 1 aliphatic carbocycles. The monoisotopic (exact) mass is 602 g/mol. The molecule has 1 N–H and O–H groups in total. The lowest BCUT2D eigenvalue weighted by Gasteiger charge is -2.19. The first-order chi connectivity index (χ1) is 21.9. The molecule has 4 atom stereocenters. The number of nitrogens with one attached hydrogen (secondary N) is 1. The molecule has 3 aromatic carbocycles. The summed E-state index contributed by atoms with van der Waals surface area (Å²) in [5, 5.41) is 4.50. The summed E-state index contributed by atoms with van der Waals surface area (Å²) in [6.07, 6.45) is 4.01. The van der Waals surface area contributed by atoms with Crippen LogP contribution in [-0.4, -0.2) is 45.3 Å². The SMILES string of the molecule is Cc1ccc(C(=O)OC[C@@H]2O[C@@H](n3ccc4c(N[C@H]5CCc6ccccc65)ncnc43)C[C@@H]2OC(=O)c2ccc(C)cc2)cc1. The first kappa shape index (κ1) is 28.7. The second kappa shape index (κ2) is 12.2. The van der Waals surface area contributed by atoms with E-state index in [1.165, 1.54) is 11.1 Å². The molecule has 0 saturated carbocycles. The van der Waals surface area contributed by atoms with Crippen LogP contribution in [0.5, 0.6) is 0 Å². The van der Waals surface area contributed by atoms with E-state index in [2.05, 4.69) is 39.6 Å². The van der Waals surface area contributed by atoms with Crippen molar-refractivity contribution in [3.05, 3.63) is 125 Å². The standard InChI is InChI=1S/C36H34N4O5/c1-22-7-11-25(12-8-22)35(41)43-20-31-30(45-36(42)26-13-9-23(2)10-14-26)19-32(44-31)40-18-17-28-33(37-21-38-34(28)40)39-29-16-15-24-5-3-4-6-27(24)29/h3-14,17-18,21,29-32H,15-16,19-20H2,1-2H3,(H,37,38,39)/t29-,30-,31-,32+/m0/s1. The average Bonchev–Trinajstić information content (AvgIpc) is 3.78. The fraction of sp³-hybridized carbons (Fsp3) is 0.278. The predicted molar refractivity (Wildman–Crippen MR) is 169 cm³/mol. The van der Waals surface area contributed by atoms with Gasteiger partial charge in [-0.25, -0.2) is 19.6 Å². The number of esters is 2. The van der Waals surface area contributed by atoms with E-state index in [0.29, 0.717) is 23.2 Å². The van der Waals surface area contributed by atoms with Gasteiger partial charge in [0.15, 0.2) is 0 Å². The lowest BCUT2D eigenvalue weighted by Crippen LogP contribution is -2.32. The van der Waals surface area contributed by atoms with E-state index in [1.54, 1.807) is 30.6 Å². The number of anilines is 1. The Hall–Kier alpha value is -5.02. The van der Waals surface area contributed by atoms with Gasteiger partial charge in [0.2, 0.25) is 0 Å². The Bertz CT molecular complexity index is 1850. The molecule has 0 bridgehead atoms. The van der Waals surface area contributed by atoms with Crippen molar-refractivity contribution in [3.8, 4) is 0 Å². The molecule has 228 valence electrons. The van der Waals surface area contributed by atoms with Gasteiger partial charge in [-0.3, -0.25) is 0 Å². The number of hydrogen-bond acceptors (Lipinski definition) is 8. The van der Waals surface area contributed by atoms with E-state index in [4.69, 9.17) is 14.2 Å². The van der Waals surface area contributed by atoms with Gasteiger partial charge < -0.3 is 24.1 Å². The molecular formula is C36H34N4O5. The molecule has 3 heterocycles. The van der Waals surface area contributed by atoms with E-state index in [0.717, 1.165) is 35.2 Å². The number of carbonyl (C=O) groups excluding carboxylic acids is 2. The number of aryl methyl sites for hydroxylation is 3. The summed E-state index contributed by atoms with van der Waals surface area (Å²) in [5.41, 5.74) is 6.34. The molecule has 1 aliphatic heterocycles. The van der Waals surface area contributed by atoms with Gasteiger partial charge in [-0.15, -0.1) is 0 Å². The third-order valence-electron chi connectivity index (χ3n) is 8.66. The maximum atomic E-state index is 13.1. The maximum Gasteiger partial charge on any atom is 0.338 e. The highest BCUT2D eigenvalue weighted by Gasteiger charge is 2.40. The number of aromatic nitrogens is 3. The molecular weight excluding hydrogens is 568 g/mol. The van der Waals surface area contributed by atoms with Crippen LogP contribution in [0, 0.1) is 13.8 Å². The Balaban J connectivity index is 1.12. The zero-order valence-corrected chi connectivity index (χ0v) is 25.2. The zero-order chi connectivity index (χ0) is 30.9. The molecule has 5 aromatic rings. The normalized spacial score (nSPS) is 20.6. The highest BCUT2D eigenvalue weighted by Crippen LogP contribution is 2.37. The van der Waals surface area contributed by atoms with E-state index in [1.807, 2.05) is 54.9 Å². The van der Waals surface area contributed by atoms with Gasteiger partial charge in [-0.2, -0.15) is 0 Å². The van der Waals surface area contributed by atoms with Gasteiger partial charge in [-0.05, 0) is 68.1 Å². The molecule has 0 spiro atoms. The molecule has 0 amide bonds. The van der Waals surface area contributed by atoms with Crippen molar-refractivity contribution >= 4 is 28.8 Å². The van der Waals surface area contributed by atoms with Gasteiger partial charge in [0.1, 0.15) is 42.8 Å². The lowest BCUT2D eigenvalue weighted by atomic mass is 10.1. The summed E-state index contributed by atoms with van der Waals surface area (Å²) in [7, 11) is 0. The fourth-order valence-electron chi connectivity index (χ4n) is 6.16. The molecule has 2 aliphatic rings. The molecule has 7 rings (SSSR count). The Morgan fingerprint density at radius 2 is 1.62 bits per heavy atom. The summed E-state index contributed by atoms with van der Waals surface area (Å²) in [6, 6.07) is 25.0. The van der Waals surface area contributed by atoms with Crippen molar-refractivity contribution in [1.29, 1.82) is 0 Å². The third kappa shape index (κ3) is 5.91. The highest BCUT2D eigenvalue weighted by atomic mass is 16.6. The van der Waals surface area contributed by atoms with E-state index < -0.39 is 30.4 Å². The fourth-order valence-corrected chi connectivity index (χ4v) is 6.16. The van der Waals surface area contributed by atoms with Crippen LogP contribution < -0.4 is 5.32 Å². The number of fused-ring (bicyclic) bond motifs is 2. The van der Waals surface area contributed by atoms with Crippen LogP contribution in [0.4, 0.5) is 5.82 Å². The molecule has 0 unspecified atom stereocenters. The number of hydrogen-bond donors (Lipinski definition) is 1. The van der Waals surface area contributed by atoms with E-state index in [9.17, 15) is 9.59 Å². The van der Waals surface area contributed by atoms with Crippen LogP contribution >= 0.6 is 0 Å². The molecule has 9 heteroatoms. The minimum Gasteiger partial charge on any atom is -0.459 e. The zero-order valence-electron chi connectivity index (χ0n) is 25.2. The molecule has 2 aromatic heterocycles. The molecule has 0 radical (unpaired) electrons. The quantitative estimate of drug-likeness (QED) is 0.200. The Morgan fingerprint density at radius 1 is 0.911 bits per heavy atom. The molecule has 1 saturated heterocycles. The Kier molecular flexibility index (Phi) is 7.77. The number of rotatable bonds is 8. The second-order valence-corrected chi connectivity index (χ2v) is 11.8. The summed E-state index contributed by atoms with van der Waals surface area (Å²) in [5.74, 6) is -0.166. The van der Waals surface area contributed by atoms with Crippen LogP contribution in [0.2, 0.25) is 0 Å². The topological polar surface area (TPSA) is 105 Å². The van der Waals surface area contributed by atoms with Gasteiger partial charge in [0.25, 0.3) is 0 Å². The van der Waals surface area contributed by atoms with Crippen LogP contribution in [0.15, 0.2) is 91.4 Å². The number of nitrogens with zero attached hydrogens (tertiary/aromatic N) is 3. The predicted octanol–water partition coefficient (Wildman–Crippen LogP) is 6.52. The maximum absolute atomic E-state index is 13.1. The van der Waals surface area contributed by atoms with Crippen LogP contribution in [0.3, 0.4) is 0 Å². The Morgan fingerprint density at radius 3 is 2.38 bits per heavy atom. The number of carbonyl (C=O) groups is 2. The van der Waals surface area contributed by atoms with Gasteiger partial charge >= 0.3 is 11.9 Å². The first-order valence-electron chi connectivity index (χ1n) is 15.3. The number of benzene rings is 3. The van der Waals surface area contributed by atoms with Crippen molar-refractivity contribution in [2.75, 3.05) is 11.9 Å². The first-order valence-corrected chi connectivity index (χ1v) is 15.3. The van der Waals surface area contributed by atoms with Crippen LogP contribution in [0.25, 0.3) is 11.0 Å². The summed E-state index contributed by atoms with van der Waals surface area (Å²) < 4.78 is 20.0. The molecule has 45 heavy (non-hydrogen) atoms. The lowest BCUT2D eigenvalue weighted by molar-refractivity contribution is -0.0562. The van der Waals surface area contributed by atoms with Crippen LogP contribution in [-0.2, 0) is 20.6 Å². The van der Waals surface area contributed by atoms with Crippen molar-refractivity contribution in [3.63, 3.8) is 0 Å². The average molecular weight is 603 g/mol. The highest BCUT2D eigenvalue weighted by molar-refractivity contribution is 5.90. The van der Waals surface area contributed by atoms with Crippen molar-refractivity contribution in [2.45, 2.75) is 57.6 Å². The van der Waals surface area contributed by atoms with Crippen molar-refractivity contribution < 1.29 is 23.8 Å². The van der Waals surface area contributed by atoms with Gasteiger partial charge in [0, 0.05) is 12.6 Å². The third-order valence-corrected chi connectivity index (χ3v) is 8.66. The second-order valence-electron chi connectivity index (χ2n) is 11.8. The minimum atomic E-state index is -0.675. The van der Waals surface area contributed by atoms with Crippen LogP contribution in [0.1, 0.15) is 68.1 Å². The molecule has 1 fully saturated rings.